The smallest absolute Gasteiger partial charge is 0.475 e. The average molecular weight is 432 g/mol. The number of carbonyl (C=O) groups is 2. The molecular weight excluding hydrogens is 405 g/mol. The number of hydrogen-bond acceptors (Lipinski definition) is 5. The van der Waals surface area contributed by atoms with E-state index in [1.165, 1.54) is 18.4 Å². The van der Waals surface area contributed by atoms with Crippen molar-refractivity contribution in [2.24, 2.45) is 5.92 Å². The van der Waals surface area contributed by atoms with Crippen molar-refractivity contribution in [3.05, 3.63) is 24.2 Å². The standard InChI is InChI=1S/C18H26N2O3.C2HF3O2/c21-17(19-11-14-1-2-14)16-3-5-18(23-16)6-8-20(9-7-18)12-15-4-10-22-13-15;3-2(4,5)1(6)7/h4,10,13-14,16H,1-3,5-9,11-12H2,(H,19,21);(H,6,7). The molecule has 1 aromatic rings. The van der Waals surface area contributed by atoms with Gasteiger partial charge in [-0.25, -0.2) is 4.79 Å². The number of halogens is 3. The van der Waals surface area contributed by atoms with Crippen molar-refractivity contribution in [1.82, 2.24) is 10.2 Å². The van der Waals surface area contributed by atoms with Gasteiger partial charge in [-0.2, -0.15) is 13.2 Å². The van der Waals surface area contributed by atoms with Crippen molar-refractivity contribution >= 4 is 11.9 Å². The molecule has 2 N–H and O–H groups in total. The summed E-state index contributed by atoms with van der Waals surface area (Å²) in [7, 11) is 0. The average Bonchev–Trinajstić information content (AvgIpc) is 3.21. The summed E-state index contributed by atoms with van der Waals surface area (Å²) >= 11 is 0. The Morgan fingerprint density at radius 1 is 1.20 bits per heavy atom. The van der Waals surface area contributed by atoms with Crippen LogP contribution in [-0.2, 0) is 20.9 Å². The summed E-state index contributed by atoms with van der Waals surface area (Å²) in [5.74, 6) is -1.93. The number of likely N-dealkylation sites (tertiary alicyclic amines) is 1. The molecule has 1 unspecified atom stereocenters. The number of alkyl halides is 3. The third-order valence-electron chi connectivity index (χ3n) is 5.80. The van der Waals surface area contributed by atoms with E-state index in [2.05, 4.69) is 10.2 Å². The quantitative estimate of drug-likeness (QED) is 0.743. The largest absolute Gasteiger partial charge is 0.490 e. The fraction of sp³-hybridized carbons (Fsp3) is 0.700. The first-order valence-electron chi connectivity index (χ1n) is 10.2. The fourth-order valence-electron chi connectivity index (χ4n) is 3.81. The number of ether oxygens (including phenoxy) is 1. The van der Waals surface area contributed by atoms with Gasteiger partial charge in [0.15, 0.2) is 0 Å². The van der Waals surface area contributed by atoms with Crippen molar-refractivity contribution in [3.8, 4) is 0 Å². The van der Waals surface area contributed by atoms with E-state index in [4.69, 9.17) is 19.1 Å². The minimum atomic E-state index is -5.08. The summed E-state index contributed by atoms with van der Waals surface area (Å²) in [6.07, 6.45) is 4.71. The Morgan fingerprint density at radius 3 is 2.40 bits per heavy atom. The molecule has 3 aliphatic rings. The maximum Gasteiger partial charge on any atom is 0.490 e. The lowest BCUT2D eigenvalue weighted by molar-refractivity contribution is -0.192. The van der Waals surface area contributed by atoms with Crippen LogP contribution in [0.25, 0.3) is 0 Å². The van der Waals surface area contributed by atoms with E-state index in [-0.39, 0.29) is 17.6 Å². The lowest BCUT2D eigenvalue weighted by atomic mass is 9.88. The molecule has 168 valence electrons. The molecule has 0 radical (unpaired) electrons. The molecule has 1 saturated carbocycles. The number of aliphatic carboxylic acids is 1. The van der Waals surface area contributed by atoms with E-state index >= 15 is 0 Å². The predicted octanol–water partition coefficient (Wildman–Crippen LogP) is 2.95. The van der Waals surface area contributed by atoms with Crippen LogP contribution in [0.5, 0.6) is 0 Å². The molecule has 1 amide bonds. The number of carbonyl (C=O) groups excluding carboxylic acids is 1. The van der Waals surface area contributed by atoms with Crippen LogP contribution in [0.1, 0.15) is 44.1 Å². The molecule has 1 aliphatic carbocycles. The van der Waals surface area contributed by atoms with E-state index in [1.807, 2.05) is 12.3 Å². The van der Waals surface area contributed by atoms with E-state index in [1.54, 1.807) is 6.26 Å². The first-order chi connectivity index (χ1) is 14.2. The van der Waals surface area contributed by atoms with Crippen molar-refractivity contribution in [3.63, 3.8) is 0 Å². The van der Waals surface area contributed by atoms with Gasteiger partial charge in [-0.1, -0.05) is 0 Å². The Balaban J connectivity index is 0.000000318. The normalized spacial score (nSPS) is 23.6. The zero-order chi connectivity index (χ0) is 21.8. The molecule has 1 spiro atoms. The second-order valence-corrected chi connectivity index (χ2v) is 8.23. The van der Waals surface area contributed by atoms with E-state index in [0.29, 0.717) is 0 Å². The summed E-state index contributed by atoms with van der Waals surface area (Å²) in [4.78, 5) is 23.6. The predicted molar refractivity (Wildman–Crippen MR) is 99.5 cm³/mol. The maximum absolute atomic E-state index is 12.2. The number of carboxylic acids is 1. The molecule has 10 heteroatoms. The monoisotopic (exact) mass is 432 g/mol. The zero-order valence-corrected chi connectivity index (χ0v) is 16.6. The minimum Gasteiger partial charge on any atom is -0.475 e. The van der Waals surface area contributed by atoms with Crippen molar-refractivity contribution in [2.45, 2.75) is 63.0 Å². The molecule has 3 fully saturated rings. The molecule has 3 heterocycles. The van der Waals surface area contributed by atoms with E-state index in [9.17, 15) is 18.0 Å². The lowest BCUT2D eigenvalue weighted by Gasteiger charge is -2.38. The number of furan rings is 1. The molecule has 1 atom stereocenters. The van der Waals surface area contributed by atoms with Crippen LogP contribution >= 0.6 is 0 Å². The molecular formula is C20H27F3N2O5. The summed E-state index contributed by atoms with van der Waals surface area (Å²) in [6, 6.07) is 2.02. The number of nitrogens with zero attached hydrogens (tertiary/aromatic N) is 1. The van der Waals surface area contributed by atoms with Gasteiger partial charge in [-0.3, -0.25) is 9.69 Å². The molecule has 0 aromatic carbocycles. The summed E-state index contributed by atoms with van der Waals surface area (Å²) in [6.45, 7) is 3.84. The zero-order valence-electron chi connectivity index (χ0n) is 16.6. The molecule has 2 saturated heterocycles. The van der Waals surface area contributed by atoms with Gasteiger partial charge in [0, 0.05) is 31.7 Å². The Bertz CT molecular complexity index is 711. The van der Waals surface area contributed by atoms with Crippen molar-refractivity contribution in [1.29, 1.82) is 0 Å². The molecule has 4 rings (SSSR count). The Labute approximate surface area is 172 Å². The molecule has 1 aromatic heterocycles. The Morgan fingerprint density at radius 2 is 1.87 bits per heavy atom. The van der Waals surface area contributed by atoms with Crippen LogP contribution in [0.2, 0.25) is 0 Å². The van der Waals surface area contributed by atoms with E-state index in [0.717, 1.165) is 57.8 Å². The maximum atomic E-state index is 12.2. The first-order valence-corrected chi connectivity index (χ1v) is 10.2. The molecule has 30 heavy (non-hydrogen) atoms. The summed E-state index contributed by atoms with van der Waals surface area (Å²) in [5, 5.41) is 10.2. The van der Waals surface area contributed by atoms with Crippen LogP contribution in [-0.4, -0.2) is 59.4 Å². The second-order valence-electron chi connectivity index (χ2n) is 8.23. The Hall–Kier alpha value is -2.07. The lowest BCUT2D eigenvalue weighted by Crippen LogP contribution is -2.45. The highest BCUT2D eigenvalue weighted by Crippen LogP contribution is 2.39. The highest BCUT2D eigenvalue weighted by Gasteiger charge is 2.44. The summed E-state index contributed by atoms with van der Waals surface area (Å²) in [5.41, 5.74) is 1.17. The number of amides is 1. The van der Waals surface area contributed by atoms with Gasteiger partial charge in [-0.05, 0) is 50.5 Å². The van der Waals surface area contributed by atoms with Crippen LogP contribution < -0.4 is 5.32 Å². The van der Waals surface area contributed by atoms with Crippen molar-refractivity contribution < 1.29 is 37.0 Å². The number of hydrogen-bond donors (Lipinski definition) is 2. The highest BCUT2D eigenvalue weighted by atomic mass is 19.4. The SMILES string of the molecule is O=C(NCC1CC1)C1CCC2(CCN(Cc3ccoc3)CC2)O1.O=C(O)C(F)(F)F. The minimum absolute atomic E-state index is 0.0610. The van der Waals surface area contributed by atoms with Crippen LogP contribution in [0, 0.1) is 5.92 Å². The van der Waals surface area contributed by atoms with Gasteiger partial charge in [0.1, 0.15) is 6.10 Å². The molecule has 0 bridgehead atoms. The first kappa shape index (κ1) is 22.6. The number of rotatable bonds is 5. The van der Waals surface area contributed by atoms with Gasteiger partial charge in [-0.15, -0.1) is 0 Å². The fourth-order valence-corrected chi connectivity index (χ4v) is 3.81. The van der Waals surface area contributed by atoms with Gasteiger partial charge >= 0.3 is 12.1 Å². The number of piperidine rings is 1. The van der Waals surface area contributed by atoms with Crippen LogP contribution in [0.4, 0.5) is 13.2 Å². The van der Waals surface area contributed by atoms with Crippen LogP contribution in [0.3, 0.4) is 0 Å². The summed E-state index contributed by atoms with van der Waals surface area (Å²) < 4.78 is 43.1. The van der Waals surface area contributed by atoms with Gasteiger partial charge in [0.2, 0.25) is 5.91 Å². The third-order valence-corrected chi connectivity index (χ3v) is 5.80. The third kappa shape index (κ3) is 6.46. The molecule has 7 nitrogen and oxygen atoms in total. The van der Waals surface area contributed by atoms with Crippen molar-refractivity contribution in [2.75, 3.05) is 19.6 Å². The van der Waals surface area contributed by atoms with Crippen LogP contribution in [0.15, 0.2) is 23.0 Å². The van der Waals surface area contributed by atoms with Gasteiger partial charge in [0.05, 0.1) is 18.1 Å². The molecule has 2 aliphatic heterocycles. The number of nitrogens with one attached hydrogen (secondary N) is 1. The topological polar surface area (TPSA) is 92.0 Å². The number of carboxylic acid groups (broad SMARTS) is 1. The second kappa shape index (κ2) is 9.38. The highest BCUT2D eigenvalue weighted by molar-refractivity contribution is 5.81. The van der Waals surface area contributed by atoms with E-state index < -0.39 is 12.1 Å². The van der Waals surface area contributed by atoms with Gasteiger partial charge < -0.3 is 19.6 Å². The van der Waals surface area contributed by atoms with Gasteiger partial charge in [0.25, 0.3) is 0 Å². The Kier molecular flexibility index (Phi) is 7.07.